The molecule has 1 amide bonds. The molecule has 106 valence electrons. The first kappa shape index (κ1) is 14.7. The second-order valence-corrected chi connectivity index (χ2v) is 6.02. The molecule has 0 saturated heterocycles. The maximum absolute atomic E-state index is 12.0. The number of anilines is 2. The van der Waals surface area contributed by atoms with Crippen molar-refractivity contribution in [2.24, 2.45) is 0 Å². The quantitative estimate of drug-likeness (QED) is 0.742. The highest BCUT2D eigenvalue weighted by Crippen LogP contribution is 2.24. The molecule has 0 saturated carbocycles. The molecule has 1 aromatic heterocycles. The van der Waals surface area contributed by atoms with Crippen LogP contribution in [0.25, 0.3) is 0 Å². The third-order valence-corrected chi connectivity index (χ3v) is 3.94. The van der Waals surface area contributed by atoms with Gasteiger partial charge in [0.2, 0.25) is 0 Å². The average Bonchev–Trinajstić information content (AvgIpc) is 2.82. The molecule has 1 aromatic carbocycles. The molecule has 4 nitrogen and oxygen atoms in total. The molecule has 0 aliphatic carbocycles. The number of nitrogen functional groups attached to an aromatic ring is 1. The minimum atomic E-state index is -0.112. The van der Waals surface area contributed by atoms with Crippen LogP contribution in [-0.4, -0.2) is 12.5 Å². The minimum Gasteiger partial charge on any atom is -0.399 e. The maximum Gasteiger partial charge on any atom is 0.253 e. The van der Waals surface area contributed by atoms with Crippen LogP contribution in [0.5, 0.6) is 0 Å². The van der Waals surface area contributed by atoms with E-state index in [4.69, 9.17) is 17.3 Å². The topological polar surface area (TPSA) is 67.2 Å². The van der Waals surface area contributed by atoms with Crippen molar-refractivity contribution < 1.29 is 4.79 Å². The van der Waals surface area contributed by atoms with E-state index in [0.29, 0.717) is 24.3 Å². The Hall–Kier alpha value is -1.72. The number of benzene rings is 1. The number of carbonyl (C=O) groups is 1. The van der Waals surface area contributed by atoms with Gasteiger partial charge in [0, 0.05) is 29.3 Å². The Morgan fingerprint density at radius 2 is 2.15 bits per heavy atom. The molecule has 2 aromatic rings. The third kappa shape index (κ3) is 3.65. The summed E-state index contributed by atoms with van der Waals surface area (Å²) in [5.41, 5.74) is 7.71. The van der Waals surface area contributed by atoms with Crippen LogP contribution >= 0.6 is 22.9 Å². The fourth-order valence-corrected chi connectivity index (χ4v) is 2.82. The zero-order valence-electron chi connectivity index (χ0n) is 11.1. The summed E-state index contributed by atoms with van der Waals surface area (Å²) in [6.07, 6.45) is 0. The lowest BCUT2D eigenvalue weighted by molar-refractivity contribution is 0.0956. The van der Waals surface area contributed by atoms with Gasteiger partial charge >= 0.3 is 0 Å². The molecule has 0 unspecified atom stereocenters. The molecule has 0 spiro atoms. The Morgan fingerprint density at radius 3 is 2.80 bits per heavy atom. The smallest absolute Gasteiger partial charge is 0.253 e. The summed E-state index contributed by atoms with van der Waals surface area (Å²) >= 11 is 7.40. The molecule has 0 aliphatic heterocycles. The number of hydrogen-bond acceptors (Lipinski definition) is 4. The normalized spacial score (nSPS) is 10.3. The predicted molar refractivity (Wildman–Crippen MR) is 85.5 cm³/mol. The van der Waals surface area contributed by atoms with E-state index in [0.717, 1.165) is 14.9 Å². The van der Waals surface area contributed by atoms with Crippen LogP contribution < -0.4 is 16.4 Å². The molecule has 0 atom stereocenters. The Balaban J connectivity index is 2.16. The van der Waals surface area contributed by atoms with Crippen LogP contribution in [0, 0.1) is 0 Å². The van der Waals surface area contributed by atoms with Gasteiger partial charge in [-0.25, -0.2) is 0 Å². The number of amides is 1. The lowest BCUT2D eigenvalue weighted by Gasteiger charge is -2.12. The van der Waals surface area contributed by atoms with Gasteiger partial charge in [-0.15, -0.1) is 11.3 Å². The van der Waals surface area contributed by atoms with E-state index in [1.807, 2.05) is 19.1 Å². The molecule has 6 heteroatoms. The zero-order valence-corrected chi connectivity index (χ0v) is 12.6. The van der Waals surface area contributed by atoms with Crippen LogP contribution in [-0.2, 0) is 6.54 Å². The van der Waals surface area contributed by atoms with Crippen molar-refractivity contribution in [3.8, 4) is 0 Å². The van der Waals surface area contributed by atoms with E-state index in [-0.39, 0.29) is 5.91 Å². The van der Waals surface area contributed by atoms with E-state index in [1.54, 1.807) is 18.2 Å². The Labute approximate surface area is 126 Å². The molecular weight excluding hydrogens is 294 g/mol. The van der Waals surface area contributed by atoms with Crippen molar-refractivity contribution >= 4 is 40.2 Å². The van der Waals surface area contributed by atoms with E-state index in [9.17, 15) is 4.79 Å². The first-order valence-corrected chi connectivity index (χ1v) is 7.45. The summed E-state index contributed by atoms with van der Waals surface area (Å²) in [7, 11) is 0. The van der Waals surface area contributed by atoms with Crippen molar-refractivity contribution in [3.05, 3.63) is 45.1 Å². The standard InChI is InChI=1S/C14H16ClN3OS/c1-2-17-14(19)11-5-3-9(16)7-12(11)18-8-10-4-6-13(15)20-10/h3-7,18H,2,8,16H2,1H3,(H,17,19). The van der Waals surface area contributed by atoms with Gasteiger partial charge in [-0.3, -0.25) is 4.79 Å². The monoisotopic (exact) mass is 309 g/mol. The van der Waals surface area contributed by atoms with Crippen molar-refractivity contribution in [3.63, 3.8) is 0 Å². The van der Waals surface area contributed by atoms with E-state index < -0.39 is 0 Å². The molecule has 0 radical (unpaired) electrons. The number of hydrogen-bond donors (Lipinski definition) is 3. The highest BCUT2D eigenvalue weighted by Gasteiger charge is 2.11. The summed E-state index contributed by atoms with van der Waals surface area (Å²) in [4.78, 5) is 13.1. The van der Waals surface area contributed by atoms with E-state index >= 15 is 0 Å². The van der Waals surface area contributed by atoms with Crippen molar-refractivity contribution in [2.75, 3.05) is 17.6 Å². The van der Waals surface area contributed by atoms with Gasteiger partial charge in [0.05, 0.1) is 9.90 Å². The number of carbonyl (C=O) groups excluding carboxylic acids is 1. The number of nitrogens with one attached hydrogen (secondary N) is 2. The predicted octanol–water partition coefficient (Wildman–Crippen LogP) is 3.35. The molecule has 0 aliphatic rings. The second kappa shape index (κ2) is 6.63. The molecule has 0 fully saturated rings. The van der Waals surface area contributed by atoms with Gasteiger partial charge in [0.15, 0.2) is 0 Å². The molecular formula is C14H16ClN3OS. The lowest BCUT2D eigenvalue weighted by Crippen LogP contribution is -2.23. The Morgan fingerprint density at radius 1 is 1.35 bits per heavy atom. The summed E-state index contributed by atoms with van der Waals surface area (Å²) in [5.74, 6) is -0.112. The van der Waals surface area contributed by atoms with E-state index in [2.05, 4.69) is 10.6 Å². The maximum atomic E-state index is 12.0. The van der Waals surface area contributed by atoms with Gasteiger partial charge in [-0.2, -0.15) is 0 Å². The van der Waals surface area contributed by atoms with Gasteiger partial charge in [0.1, 0.15) is 0 Å². The highest BCUT2D eigenvalue weighted by molar-refractivity contribution is 7.16. The first-order valence-electron chi connectivity index (χ1n) is 6.26. The average molecular weight is 310 g/mol. The van der Waals surface area contributed by atoms with E-state index in [1.165, 1.54) is 11.3 Å². The lowest BCUT2D eigenvalue weighted by atomic mass is 10.1. The van der Waals surface area contributed by atoms with Crippen molar-refractivity contribution in [2.45, 2.75) is 13.5 Å². The number of nitrogens with two attached hydrogens (primary N) is 1. The molecule has 4 N–H and O–H groups in total. The van der Waals surface area contributed by atoms with Crippen LogP contribution in [0.1, 0.15) is 22.2 Å². The van der Waals surface area contributed by atoms with Crippen LogP contribution in [0.2, 0.25) is 4.34 Å². The Bertz CT molecular complexity index is 612. The number of thiophene rings is 1. The Kier molecular flexibility index (Phi) is 4.87. The largest absolute Gasteiger partial charge is 0.399 e. The van der Waals surface area contributed by atoms with Gasteiger partial charge < -0.3 is 16.4 Å². The second-order valence-electron chi connectivity index (χ2n) is 4.22. The highest BCUT2D eigenvalue weighted by atomic mass is 35.5. The van der Waals surface area contributed by atoms with Gasteiger partial charge in [0.25, 0.3) is 5.91 Å². The van der Waals surface area contributed by atoms with Crippen molar-refractivity contribution in [1.29, 1.82) is 0 Å². The van der Waals surface area contributed by atoms with Crippen LogP contribution in [0.15, 0.2) is 30.3 Å². The van der Waals surface area contributed by atoms with Crippen LogP contribution in [0.3, 0.4) is 0 Å². The molecule has 1 heterocycles. The molecule has 2 rings (SSSR count). The summed E-state index contributed by atoms with van der Waals surface area (Å²) in [6.45, 7) is 3.08. The number of halogens is 1. The molecule has 20 heavy (non-hydrogen) atoms. The zero-order chi connectivity index (χ0) is 14.5. The fraction of sp³-hybridized carbons (Fsp3) is 0.214. The minimum absolute atomic E-state index is 0.112. The third-order valence-electron chi connectivity index (χ3n) is 2.71. The number of rotatable bonds is 5. The SMILES string of the molecule is CCNC(=O)c1ccc(N)cc1NCc1ccc(Cl)s1. The first-order chi connectivity index (χ1) is 9.60. The summed E-state index contributed by atoms with van der Waals surface area (Å²) in [6, 6.07) is 9.02. The summed E-state index contributed by atoms with van der Waals surface area (Å²) in [5, 5.41) is 6.02. The summed E-state index contributed by atoms with van der Waals surface area (Å²) < 4.78 is 0.748. The van der Waals surface area contributed by atoms with Gasteiger partial charge in [-0.05, 0) is 37.3 Å². The van der Waals surface area contributed by atoms with Gasteiger partial charge in [-0.1, -0.05) is 11.6 Å². The van der Waals surface area contributed by atoms with Crippen molar-refractivity contribution in [1.82, 2.24) is 5.32 Å². The fourth-order valence-electron chi connectivity index (χ4n) is 1.79. The van der Waals surface area contributed by atoms with Crippen LogP contribution in [0.4, 0.5) is 11.4 Å². The molecule has 0 bridgehead atoms.